The van der Waals surface area contributed by atoms with E-state index in [1.165, 1.54) is 51.7 Å². The Morgan fingerprint density at radius 3 is 2.45 bits per heavy atom. The Hall–Kier alpha value is -0.0800. The first-order valence-electron chi connectivity index (χ1n) is 9.04. The van der Waals surface area contributed by atoms with Crippen LogP contribution in [0.2, 0.25) is 0 Å². The smallest absolute Gasteiger partial charge is 0.0133 e. The van der Waals surface area contributed by atoms with Gasteiger partial charge in [-0.25, -0.2) is 0 Å². The van der Waals surface area contributed by atoms with Crippen LogP contribution in [0.15, 0.2) is 0 Å². The molecule has 2 heteroatoms. The molecule has 3 fully saturated rings. The molecule has 0 radical (unpaired) electrons. The van der Waals surface area contributed by atoms with E-state index in [2.05, 4.69) is 31.1 Å². The normalized spacial score (nSPS) is 39.8. The quantitative estimate of drug-likeness (QED) is 0.768. The van der Waals surface area contributed by atoms with E-state index in [1.807, 2.05) is 0 Å². The minimum absolute atomic E-state index is 0.778. The molecule has 0 aliphatic heterocycles. The molecule has 0 aromatic heterocycles. The molecular formula is C18H34N2. The Kier molecular flexibility index (Phi) is 4.72. The maximum absolute atomic E-state index is 3.67. The van der Waals surface area contributed by atoms with Crippen molar-refractivity contribution in [1.29, 1.82) is 0 Å². The van der Waals surface area contributed by atoms with E-state index in [-0.39, 0.29) is 0 Å². The summed E-state index contributed by atoms with van der Waals surface area (Å²) in [5, 5.41) is 3.67. The van der Waals surface area contributed by atoms with Crippen LogP contribution >= 0.6 is 0 Å². The number of nitrogens with zero attached hydrogens (tertiary/aromatic N) is 1. The zero-order valence-corrected chi connectivity index (χ0v) is 13.8. The van der Waals surface area contributed by atoms with Crippen molar-refractivity contribution in [3.8, 4) is 0 Å². The van der Waals surface area contributed by atoms with Crippen LogP contribution in [0.25, 0.3) is 0 Å². The highest BCUT2D eigenvalue weighted by molar-refractivity contribution is 4.94. The Morgan fingerprint density at radius 2 is 1.90 bits per heavy atom. The SMILES string of the molecule is CC(C)CNCC1CCC1N(C)CC1CC2CCC1C2. The molecule has 0 aromatic rings. The highest BCUT2D eigenvalue weighted by atomic mass is 15.2. The predicted octanol–water partition coefficient (Wildman–Crippen LogP) is 3.38. The average Bonchev–Trinajstić information content (AvgIpc) is 2.94. The second-order valence-electron chi connectivity index (χ2n) is 8.33. The van der Waals surface area contributed by atoms with Crippen molar-refractivity contribution in [2.75, 3.05) is 26.7 Å². The minimum atomic E-state index is 0.778. The summed E-state index contributed by atoms with van der Waals surface area (Å²) in [6.45, 7) is 8.40. The lowest BCUT2D eigenvalue weighted by atomic mass is 9.77. The van der Waals surface area contributed by atoms with Crippen molar-refractivity contribution < 1.29 is 0 Å². The van der Waals surface area contributed by atoms with Gasteiger partial charge >= 0.3 is 0 Å². The number of rotatable bonds is 7. The molecule has 0 saturated heterocycles. The van der Waals surface area contributed by atoms with Gasteiger partial charge < -0.3 is 10.2 Å². The third kappa shape index (κ3) is 3.22. The summed E-state index contributed by atoms with van der Waals surface area (Å²) < 4.78 is 0. The molecule has 0 heterocycles. The van der Waals surface area contributed by atoms with Gasteiger partial charge in [-0.1, -0.05) is 20.3 Å². The summed E-state index contributed by atoms with van der Waals surface area (Å²) >= 11 is 0. The van der Waals surface area contributed by atoms with Gasteiger partial charge in [-0.2, -0.15) is 0 Å². The van der Waals surface area contributed by atoms with E-state index in [9.17, 15) is 0 Å². The van der Waals surface area contributed by atoms with E-state index in [0.717, 1.165) is 35.6 Å². The van der Waals surface area contributed by atoms with Crippen molar-refractivity contribution in [1.82, 2.24) is 10.2 Å². The van der Waals surface area contributed by atoms with Crippen LogP contribution in [0.1, 0.15) is 52.4 Å². The third-order valence-corrected chi connectivity index (χ3v) is 6.31. The second-order valence-corrected chi connectivity index (χ2v) is 8.33. The van der Waals surface area contributed by atoms with Gasteiger partial charge in [-0.15, -0.1) is 0 Å². The molecule has 3 aliphatic rings. The van der Waals surface area contributed by atoms with Crippen molar-refractivity contribution in [2.45, 2.75) is 58.4 Å². The van der Waals surface area contributed by atoms with Crippen LogP contribution < -0.4 is 5.32 Å². The molecule has 20 heavy (non-hydrogen) atoms. The summed E-state index contributed by atoms with van der Waals surface area (Å²) in [6.07, 6.45) is 9.05. The van der Waals surface area contributed by atoms with Crippen molar-refractivity contribution in [3.05, 3.63) is 0 Å². The van der Waals surface area contributed by atoms with Crippen LogP contribution in [0.3, 0.4) is 0 Å². The fourth-order valence-electron chi connectivity index (χ4n) is 5.03. The summed E-state index contributed by atoms with van der Waals surface area (Å²) in [5.74, 6) is 4.91. The maximum atomic E-state index is 3.67. The lowest BCUT2D eigenvalue weighted by molar-refractivity contribution is 0.0619. The predicted molar refractivity (Wildman–Crippen MR) is 85.8 cm³/mol. The first kappa shape index (κ1) is 14.8. The van der Waals surface area contributed by atoms with Crippen molar-refractivity contribution in [2.24, 2.45) is 29.6 Å². The molecule has 3 saturated carbocycles. The molecule has 5 unspecified atom stereocenters. The maximum Gasteiger partial charge on any atom is 0.0133 e. The fraction of sp³-hybridized carbons (Fsp3) is 1.00. The standard InChI is InChI=1S/C18H34N2/c1-13(2)10-19-11-16-6-7-18(16)20(3)12-17-9-14-4-5-15(17)8-14/h13-19H,4-12H2,1-3H3. The zero-order chi connectivity index (χ0) is 14.1. The van der Waals surface area contributed by atoms with E-state index in [0.29, 0.717) is 0 Å². The molecule has 0 aromatic carbocycles. The Labute approximate surface area is 125 Å². The van der Waals surface area contributed by atoms with Gasteiger partial charge in [-0.05, 0) is 81.8 Å². The highest BCUT2D eigenvalue weighted by Gasteiger charge is 2.41. The van der Waals surface area contributed by atoms with Crippen LogP contribution in [-0.4, -0.2) is 37.6 Å². The Balaban J connectivity index is 1.40. The van der Waals surface area contributed by atoms with Gasteiger partial charge in [-0.3, -0.25) is 0 Å². The molecule has 2 nitrogen and oxygen atoms in total. The summed E-state index contributed by atoms with van der Waals surface area (Å²) in [4.78, 5) is 2.72. The number of fused-ring (bicyclic) bond motifs is 2. The van der Waals surface area contributed by atoms with Crippen molar-refractivity contribution >= 4 is 0 Å². The molecule has 1 N–H and O–H groups in total. The monoisotopic (exact) mass is 278 g/mol. The topological polar surface area (TPSA) is 15.3 Å². The highest BCUT2D eigenvalue weighted by Crippen LogP contribution is 2.48. The molecule has 2 bridgehead atoms. The third-order valence-electron chi connectivity index (χ3n) is 6.31. The fourth-order valence-corrected chi connectivity index (χ4v) is 5.03. The molecule has 5 atom stereocenters. The Bertz CT molecular complexity index is 315. The van der Waals surface area contributed by atoms with Crippen molar-refractivity contribution in [3.63, 3.8) is 0 Å². The first-order chi connectivity index (χ1) is 9.63. The molecular weight excluding hydrogens is 244 g/mol. The molecule has 0 spiro atoms. The van der Waals surface area contributed by atoms with Crippen LogP contribution in [-0.2, 0) is 0 Å². The van der Waals surface area contributed by atoms with E-state index in [4.69, 9.17) is 0 Å². The van der Waals surface area contributed by atoms with Crippen LogP contribution in [0.5, 0.6) is 0 Å². The molecule has 0 amide bonds. The van der Waals surface area contributed by atoms with Gasteiger partial charge in [0.25, 0.3) is 0 Å². The van der Waals surface area contributed by atoms with E-state index in [1.54, 1.807) is 6.42 Å². The lowest BCUT2D eigenvalue weighted by Crippen LogP contribution is -2.50. The van der Waals surface area contributed by atoms with Gasteiger partial charge in [0.2, 0.25) is 0 Å². The van der Waals surface area contributed by atoms with Gasteiger partial charge in [0.05, 0.1) is 0 Å². The first-order valence-corrected chi connectivity index (χ1v) is 9.04. The second kappa shape index (κ2) is 6.36. The van der Waals surface area contributed by atoms with E-state index < -0.39 is 0 Å². The van der Waals surface area contributed by atoms with Gasteiger partial charge in [0.15, 0.2) is 0 Å². The van der Waals surface area contributed by atoms with Crippen LogP contribution in [0, 0.1) is 29.6 Å². The largest absolute Gasteiger partial charge is 0.316 e. The van der Waals surface area contributed by atoms with E-state index >= 15 is 0 Å². The van der Waals surface area contributed by atoms with Gasteiger partial charge in [0.1, 0.15) is 0 Å². The molecule has 3 aliphatic carbocycles. The summed E-state index contributed by atoms with van der Waals surface area (Å²) in [5.41, 5.74) is 0. The number of hydrogen-bond acceptors (Lipinski definition) is 2. The molecule has 3 rings (SSSR count). The summed E-state index contributed by atoms with van der Waals surface area (Å²) in [6, 6.07) is 0.869. The molecule has 116 valence electrons. The van der Waals surface area contributed by atoms with Crippen LogP contribution in [0.4, 0.5) is 0 Å². The Morgan fingerprint density at radius 1 is 1.05 bits per heavy atom. The number of hydrogen-bond donors (Lipinski definition) is 1. The summed E-state index contributed by atoms with van der Waals surface area (Å²) in [7, 11) is 2.39. The lowest BCUT2D eigenvalue weighted by Gasteiger charge is -2.44. The minimum Gasteiger partial charge on any atom is -0.316 e. The zero-order valence-electron chi connectivity index (χ0n) is 13.8. The average molecular weight is 278 g/mol. The van der Waals surface area contributed by atoms with Gasteiger partial charge in [0, 0.05) is 12.6 Å². The number of nitrogens with one attached hydrogen (secondary N) is 1.